The lowest BCUT2D eigenvalue weighted by Gasteiger charge is -2.26. The van der Waals surface area contributed by atoms with Crippen LogP contribution in [-0.2, 0) is 5.41 Å². The zero-order chi connectivity index (χ0) is 17.8. The van der Waals surface area contributed by atoms with Crippen molar-refractivity contribution in [2.45, 2.75) is 102 Å². The quantitative estimate of drug-likeness (QED) is 0.329. The summed E-state index contributed by atoms with van der Waals surface area (Å²) in [6, 6.07) is 6.44. The van der Waals surface area contributed by atoms with E-state index in [-0.39, 0.29) is 5.41 Å². The van der Waals surface area contributed by atoms with Crippen molar-refractivity contribution in [1.29, 1.82) is 0 Å². The molecule has 0 unspecified atom stereocenters. The molecule has 137 valence electrons. The van der Waals surface area contributed by atoms with Crippen LogP contribution in [0, 0.1) is 0 Å². The van der Waals surface area contributed by atoms with Crippen molar-refractivity contribution in [3.05, 3.63) is 23.8 Å². The lowest BCUT2D eigenvalue weighted by Crippen LogP contribution is -2.17. The first-order valence-electron chi connectivity index (χ1n) is 9.95. The molecule has 0 amide bonds. The highest BCUT2D eigenvalue weighted by molar-refractivity contribution is 7.80. The summed E-state index contributed by atoms with van der Waals surface area (Å²) in [4.78, 5) is 0.863. The predicted octanol–water partition coefficient (Wildman–Crippen LogP) is 7.84. The highest BCUT2D eigenvalue weighted by Gasteiger charge is 2.21. The normalized spacial score (nSPS) is 11.7. The fourth-order valence-corrected chi connectivity index (χ4v) is 3.33. The third kappa shape index (κ3) is 7.88. The standard InChI is InChI=1S/C22H37OS/c1-5-7-9-10-11-13-17-23-20-15-14-19(18-21(20)24)22(3,4)16-12-8-6-2/h14-15,18H,5-13,16-17H2,1-4H3. The molecule has 1 aromatic carbocycles. The van der Waals surface area contributed by atoms with Gasteiger partial charge < -0.3 is 4.74 Å². The van der Waals surface area contributed by atoms with Gasteiger partial charge >= 0.3 is 0 Å². The maximum atomic E-state index is 5.91. The second-order valence-electron chi connectivity index (χ2n) is 7.62. The van der Waals surface area contributed by atoms with Crippen molar-refractivity contribution in [2.24, 2.45) is 0 Å². The Morgan fingerprint density at radius 2 is 1.50 bits per heavy atom. The average molecular weight is 350 g/mol. The fourth-order valence-electron chi connectivity index (χ4n) is 3.07. The molecule has 0 saturated carbocycles. The molecule has 0 fully saturated rings. The molecule has 0 aliphatic rings. The molecule has 0 spiro atoms. The van der Waals surface area contributed by atoms with Crippen LogP contribution in [0.2, 0.25) is 0 Å². The minimum Gasteiger partial charge on any atom is -0.492 e. The highest BCUT2D eigenvalue weighted by Crippen LogP contribution is 2.34. The molecule has 1 radical (unpaired) electrons. The van der Waals surface area contributed by atoms with Crippen LogP contribution < -0.4 is 4.74 Å². The molecule has 0 aromatic heterocycles. The number of ether oxygens (including phenoxy) is 1. The lowest BCUT2D eigenvalue weighted by molar-refractivity contribution is 0.297. The summed E-state index contributed by atoms with van der Waals surface area (Å²) in [5.41, 5.74) is 1.54. The van der Waals surface area contributed by atoms with Crippen molar-refractivity contribution in [3.8, 4) is 5.75 Å². The summed E-state index contributed by atoms with van der Waals surface area (Å²) in [6.07, 6.45) is 12.8. The molecule has 0 aliphatic carbocycles. The van der Waals surface area contributed by atoms with Gasteiger partial charge in [0.25, 0.3) is 0 Å². The van der Waals surface area contributed by atoms with Crippen LogP contribution in [0.15, 0.2) is 23.1 Å². The summed E-state index contributed by atoms with van der Waals surface area (Å²) >= 11 is 5.55. The van der Waals surface area contributed by atoms with Crippen LogP contribution in [0.4, 0.5) is 0 Å². The Bertz CT molecular complexity index is 453. The molecule has 0 bridgehead atoms. The molecular formula is C22H37OS. The number of unbranched alkanes of at least 4 members (excludes halogenated alkanes) is 7. The number of hydrogen-bond acceptors (Lipinski definition) is 1. The van der Waals surface area contributed by atoms with E-state index < -0.39 is 0 Å². The smallest absolute Gasteiger partial charge is 0.137 e. The maximum Gasteiger partial charge on any atom is 0.137 e. The van der Waals surface area contributed by atoms with Gasteiger partial charge in [-0.05, 0) is 36.0 Å². The van der Waals surface area contributed by atoms with Gasteiger partial charge in [-0.3, -0.25) is 0 Å². The molecule has 1 rings (SSSR count). The Morgan fingerprint density at radius 1 is 0.875 bits per heavy atom. The fraction of sp³-hybridized carbons (Fsp3) is 0.727. The Balaban J connectivity index is 2.43. The van der Waals surface area contributed by atoms with Gasteiger partial charge in [0, 0.05) is 0 Å². The molecule has 1 nitrogen and oxygen atoms in total. The van der Waals surface area contributed by atoms with Crippen LogP contribution in [-0.4, -0.2) is 6.61 Å². The predicted molar refractivity (Wildman–Crippen MR) is 108 cm³/mol. The van der Waals surface area contributed by atoms with Crippen LogP contribution in [0.1, 0.15) is 97.5 Å². The van der Waals surface area contributed by atoms with E-state index >= 15 is 0 Å². The second-order valence-corrected chi connectivity index (χ2v) is 8.06. The van der Waals surface area contributed by atoms with Crippen molar-refractivity contribution < 1.29 is 4.74 Å². The third-order valence-electron chi connectivity index (χ3n) is 4.89. The van der Waals surface area contributed by atoms with E-state index in [0.29, 0.717) is 0 Å². The molecule has 0 aliphatic heterocycles. The Kier molecular flexibility index (Phi) is 10.4. The first-order chi connectivity index (χ1) is 11.5. The van der Waals surface area contributed by atoms with E-state index in [1.54, 1.807) is 0 Å². The second kappa shape index (κ2) is 11.7. The van der Waals surface area contributed by atoms with Crippen molar-refractivity contribution in [3.63, 3.8) is 0 Å². The summed E-state index contributed by atoms with van der Waals surface area (Å²) in [5, 5.41) is 0. The van der Waals surface area contributed by atoms with Crippen molar-refractivity contribution in [2.75, 3.05) is 6.61 Å². The largest absolute Gasteiger partial charge is 0.492 e. The van der Waals surface area contributed by atoms with E-state index in [1.165, 1.54) is 63.4 Å². The Labute approximate surface area is 156 Å². The molecule has 0 saturated heterocycles. The van der Waals surface area contributed by atoms with Crippen LogP contribution >= 0.6 is 12.6 Å². The number of benzene rings is 1. The van der Waals surface area contributed by atoms with Gasteiger partial charge in [-0.2, -0.15) is 0 Å². The van der Waals surface area contributed by atoms with Crippen molar-refractivity contribution >= 4 is 12.6 Å². The monoisotopic (exact) mass is 349 g/mol. The van der Waals surface area contributed by atoms with Crippen LogP contribution in [0.3, 0.4) is 0 Å². The molecule has 0 heterocycles. The molecule has 0 atom stereocenters. The molecular weight excluding hydrogens is 312 g/mol. The van der Waals surface area contributed by atoms with Crippen LogP contribution in [0.25, 0.3) is 0 Å². The van der Waals surface area contributed by atoms with Crippen LogP contribution in [0.5, 0.6) is 5.75 Å². The highest BCUT2D eigenvalue weighted by atomic mass is 32.1. The summed E-state index contributed by atoms with van der Waals surface area (Å²) < 4.78 is 5.91. The minimum atomic E-state index is 0.195. The molecule has 24 heavy (non-hydrogen) atoms. The number of rotatable bonds is 13. The SMILES string of the molecule is CCCCCCCCOc1ccc(C(C)(C)CCCCC)cc1[S]. The Hall–Kier alpha value is -0.760. The van der Waals surface area contributed by atoms with Gasteiger partial charge in [0.05, 0.1) is 11.5 Å². The maximum absolute atomic E-state index is 5.91. The zero-order valence-electron chi connectivity index (χ0n) is 16.3. The molecule has 0 N–H and O–H groups in total. The van der Waals surface area contributed by atoms with Gasteiger partial charge in [0.15, 0.2) is 0 Å². The first kappa shape index (κ1) is 21.3. The van der Waals surface area contributed by atoms with E-state index in [0.717, 1.165) is 23.7 Å². The van der Waals surface area contributed by atoms with E-state index in [1.807, 2.05) is 0 Å². The van der Waals surface area contributed by atoms with Gasteiger partial charge in [-0.15, -0.1) is 0 Å². The minimum absolute atomic E-state index is 0.195. The topological polar surface area (TPSA) is 9.23 Å². The van der Waals surface area contributed by atoms with Gasteiger partial charge in [0.2, 0.25) is 0 Å². The van der Waals surface area contributed by atoms with E-state index in [9.17, 15) is 0 Å². The first-order valence-corrected chi connectivity index (χ1v) is 10.4. The van der Waals surface area contributed by atoms with E-state index in [2.05, 4.69) is 45.9 Å². The molecule has 2 heteroatoms. The molecule has 1 aromatic rings. The van der Waals surface area contributed by atoms with E-state index in [4.69, 9.17) is 17.4 Å². The number of hydrogen-bond donors (Lipinski definition) is 0. The Morgan fingerprint density at radius 3 is 2.17 bits per heavy atom. The zero-order valence-corrected chi connectivity index (χ0v) is 17.1. The summed E-state index contributed by atoms with van der Waals surface area (Å²) in [5.74, 6) is 0.881. The van der Waals surface area contributed by atoms with Gasteiger partial charge in [0.1, 0.15) is 5.75 Å². The third-order valence-corrected chi connectivity index (χ3v) is 5.21. The lowest BCUT2D eigenvalue weighted by atomic mass is 9.80. The average Bonchev–Trinajstić information content (AvgIpc) is 2.55. The van der Waals surface area contributed by atoms with Gasteiger partial charge in [-0.1, -0.05) is 97.8 Å². The summed E-state index contributed by atoms with van der Waals surface area (Å²) in [6.45, 7) is 9.94. The summed E-state index contributed by atoms with van der Waals surface area (Å²) in [7, 11) is 0. The van der Waals surface area contributed by atoms with Crippen molar-refractivity contribution in [1.82, 2.24) is 0 Å². The van der Waals surface area contributed by atoms with Gasteiger partial charge in [-0.25, -0.2) is 0 Å².